The number of amides is 1. The molecular formula is C26H32ClFN4O12. The Bertz CT molecular complexity index is 1420. The first-order valence-corrected chi connectivity index (χ1v) is 12.7. The number of piperidine rings is 1. The van der Waals surface area contributed by atoms with Crippen LogP contribution < -0.4 is 14.8 Å². The van der Waals surface area contributed by atoms with Crippen LogP contribution >= 0.6 is 11.6 Å². The third-order valence-electron chi connectivity index (χ3n) is 6.15. The van der Waals surface area contributed by atoms with Gasteiger partial charge in [0.1, 0.15) is 24.9 Å². The maximum Gasteiger partial charge on any atom is 0.335 e. The lowest BCUT2D eigenvalue weighted by Crippen LogP contribution is -2.42. The number of likely N-dealkylation sites (tertiary alicyclic amines) is 1. The zero-order valence-corrected chi connectivity index (χ0v) is 23.9. The number of ether oxygens (including phenoxy) is 2. The number of halogens is 2. The second kappa shape index (κ2) is 17.0. The van der Waals surface area contributed by atoms with Gasteiger partial charge in [0.05, 0.1) is 23.3 Å². The molecule has 242 valence electrons. The predicted octanol–water partition coefficient (Wildman–Crippen LogP) is -0.235. The molecule has 3 aromatic rings. The van der Waals surface area contributed by atoms with Gasteiger partial charge in [0, 0.05) is 37.4 Å². The molecule has 0 spiro atoms. The second-order valence-corrected chi connectivity index (χ2v) is 9.30. The van der Waals surface area contributed by atoms with Crippen LogP contribution in [0.5, 0.6) is 11.5 Å². The minimum atomic E-state index is -2.27. The van der Waals surface area contributed by atoms with Crippen LogP contribution in [-0.2, 0) is 14.4 Å². The standard InChI is InChI=1S/C22H22ClFN4O4.C4H6O6.2H2O/c1-31-18-10-17-14(9-19(18)32-13-5-7-28(8-6-13)20(30)11-29)22(26-12-25-17)27-16-4-2-3-15(23)21(16)24;5-1(3(7)8)2(6)4(9)10;;/h2-4,9-10,12-13,29H,5-8,11H2,1H3,(H,25,26,27);1-2,5-6H,(H,7,8)(H,9,10);2*1H2/t;1-,2-;;/m.1../s1. The zero-order valence-electron chi connectivity index (χ0n) is 23.1. The molecule has 0 aliphatic carbocycles. The summed E-state index contributed by atoms with van der Waals surface area (Å²) in [4.78, 5) is 41.4. The Hall–Kier alpha value is -4.39. The van der Waals surface area contributed by atoms with Crippen LogP contribution in [0.2, 0.25) is 5.02 Å². The molecule has 1 aromatic heterocycles. The number of aliphatic hydroxyl groups is 3. The topological polar surface area (TPSA) is 275 Å². The van der Waals surface area contributed by atoms with E-state index in [0.29, 0.717) is 54.2 Å². The Morgan fingerprint density at radius 3 is 2.23 bits per heavy atom. The van der Waals surface area contributed by atoms with Gasteiger partial charge in [-0.3, -0.25) is 4.79 Å². The van der Waals surface area contributed by atoms with Gasteiger partial charge in [-0.2, -0.15) is 0 Å². The third-order valence-corrected chi connectivity index (χ3v) is 6.45. The van der Waals surface area contributed by atoms with E-state index in [1.807, 2.05) is 0 Å². The number of fused-ring (bicyclic) bond motifs is 1. The number of rotatable bonds is 9. The van der Waals surface area contributed by atoms with E-state index in [1.54, 1.807) is 29.2 Å². The summed E-state index contributed by atoms with van der Waals surface area (Å²) >= 11 is 5.89. The summed E-state index contributed by atoms with van der Waals surface area (Å²) in [5.74, 6) is -3.00. The van der Waals surface area contributed by atoms with Crippen molar-refractivity contribution in [3.63, 3.8) is 0 Å². The number of carboxylic acid groups (broad SMARTS) is 2. The molecule has 1 saturated heterocycles. The Balaban J connectivity index is 0.000000700. The van der Waals surface area contributed by atoms with Crippen molar-refractivity contribution in [3.8, 4) is 11.5 Å². The second-order valence-electron chi connectivity index (χ2n) is 8.89. The summed E-state index contributed by atoms with van der Waals surface area (Å²) in [7, 11) is 1.54. The fourth-order valence-corrected chi connectivity index (χ4v) is 4.09. The maximum absolute atomic E-state index is 14.4. The van der Waals surface area contributed by atoms with Crippen molar-refractivity contribution in [2.24, 2.45) is 0 Å². The molecule has 2 atom stereocenters. The van der Waals surface area contributed by atoms with Gasteiger partial charge < -0.3 is 56.2 Å². The highest BCUT2D eigenvalue weighted by atomic mass is 35.5. The number of carboxylic acids is 2. The first-order chi connectivity index (χ1) is 20.0. The summed E-state index contributed by atoms with van der Waals surface area (Å²) in [5, 5.41) is 45.2. The Morgan fingerprint density at radius 2 is 1.68 bits per heavy atom. The highest BCUT2D eigenvalue weighted by Crippen LogP contribution is 2.36. The van der Waals surface area contributed by atoms with Crippen molar-refractivity contribution >= 4 is 51.9 Å². The highest BCUT2D eigenvalue weighted by molar-refractivity contribution is 6.31. The number of aliphatic hydroxyl groups excluding tert-OH is 3. The number of nitrogens with zero attached hydrogens (tertiary/aromatic N) is 3. The molecule has 0 bridgehead atoms. The van der Waals surface area contributed by atoms with Crippen molar-refractivity contribution in [2.45, 2.75) is 31.2 Å². The van der Waals surface area contributed by atoms with Gasteiger partial charge in [0.15, 0.2) is 29.5 Å². The van der Waals surface area contributed by atoms with Crippen LogP contribution in [0.3, 0.4) is 0 Å². The van der Waals surface area contributed by atoms with E-state index in [9.17, 15) is 18.8 Å². The van der Waals surface area contributed by atoms with Crippen LogP contribution in [0.25, 0.3) is 10.9 Å². The molecule has 10 N–H and O–H groups in total. The fourth-order valence-electron chi connectivity index (χ4n) is 3.92. The van der Waals surface area contributed by atoms with Crippen LogP contribution in [0.1, 0.15) is 12.8 Å². The molecule has 4 rings (SSSR count). The fraction of sp³-hybridized carbons (Fsp3) is 0.346. The van der Waals surface area contributed by atoms with E-state index in [1.165, 1.54) is 19.5 Å². The number of nitrogens with one attached hydrogen (secondary N) is 1. The van der Waals surface area contributed by atoms with Gasteiger partial charge in [0.2, 0.25) is 5.91 Å². The van der Waals surface area contributed by atoms with E-state index in [4.69, 9.17) is 46.6 Å². The Morgan fingerprint density at radius 1 is 1.07 bits per heavy atom. The van der Waals surface area contributed by atoms with Crippen LogP contribution in [-0.4, -0.2) is 114 Å². The number of hydrogen-bond donors (Lipinski definition) is 6. The molecule has 1 amide bonds. The van der Waals surface area contributed by atoms with Crippen molar-refractivity contribution in [3.05, 3.63) is 47.5 Å². The number of aromatic nitrogens is 2. The van der Waals surface area contributed by atoms with E-state index < -0.39 is 36.6 Å². The molecule has 1 aliphatic rings. The first kappa shape index (κ1) is 37.6. The van der Waals surface area contributed by atoms with E-state index in [0.717, 1.165) is 0 Å². The number of carbonyl (C=O) groups is 3. The molecule has 0 radical (unpaired) electrons. The summed E-state index contributed by atoms with van der Waals surface area (Å²) in [6, 6.07) is 8.16. The zero-order chi connectivity index (χ0) is 31.0. The van der Waals surface area contributed by atoms with Crippen LogP contribution in [0, 0.1) is 5.82 Å². The molecule has 0 saturated carbocycles. The Labute approximate surface area is 253 Å². The van der Waals surface area contributed by atoms with Gasteiger partial charge >= 0.3 is 11.9 Å². The molecule has 1 fully saturated rings. The lowest BCUT2D eigenvalue weighted by atomic mass is 10.1. The monoisotopic (exact) mass is 646 g/mol. The van der Waals surface area contributed by atoms with Crippen molar-refractivity contribution in [2.75, 3.05) is 32.1 Å². The smallest absolute Gasteiger partial charge is 0.335 e. The number of carbonyl (C=O) groups excluding carboxylic acids is 1. The molecule has 44 heavy (non-hydrogen) atoms. The van der Waals surface area contributed by atoms with Crippen LogP contribution in [0.4, 0.5) is 15.9 Å². The number of benzene rings is 2. The lowest BCUT2D eigenvalue weighted by Gasteiger charge is -2.32. The summed E-state index contributed by atoms with van der Waals surface area (Å²) < 4.78 is 26.1. The quantitative estimate of drug-likeness (QED) is 0.175. The molecular weight excluding hydrogens is 615 g/mol. The summed E-state index contributed by atoms with van der Waals surface area (Å²) in [5.41, 5.74) is 0.786. The van der Waals surface area contributed by atoms with E-state index in [2.05, 4.69) is 15.3 Å². The molecule has 2 heterocycles. The molecule has 0 unspecified atom stereocenters. The van der Waals surface area contributed by atoms with Crippen molar-refractivity contribution < 1.29 is 64.7 Å². The van der Waals surface area contributed by atoms with Crippen molar-refractivity contribution in [1.82, 2.24) is 14.9 Å². The summed E-state index contributed by atoms with van der Waals surface area (Å²) in [6.07, 6.45) is -2.04. The van der Waals surface area contributed by atoms with Crippen LogP contribution in [0.15, 0.2) is 36.7 Å². The highest BCUT2D eigenvalue weighted by Gasteiger charge is 2.29. The minimum Gasteiger partial charge on any atom is -0.493 e. The van der Waals surface area contributed by atoms with E-state index >= 15 is 0 Å². The van der Waals surface area contributed by atoms with E-state index in [-0.39, 0.29) is 33.7 Å². The average molecular weight is 647 g/mol. The van der Waals surface area contributed by atoms with Gasteiger partial charge in [-0.1, -0.05) is 17.7 Å². The minimum absolute atomic E-state index is 0. The molecule has 2 aromatic carbocycles. The third kappa shape index (κ3) is 9.30. The lowest BCUT2D eigenvalue weighted by molar-refractivity contribution is -0.165. The average Bonchev–Trinajstić information content (AvgIpc) is 2.98. The van der Waals surface area contributed by atoms with Crippen molar-refractivity contribution in [1.29, 1.82) is 0 Å². The normalized spacial score (nSPS) is 14.1. The first-order valence-electron chi connectivity index (χ1n) is 12.4. The van der Waals surface area contributed by atoms with Gasteiger partial charge in [-0.05, 0) is 18.2 Å². The number of hydrogen-bond acceptors (Lipinski definition) is 11. The Kier molecular flexibility index (Phi) is 14.6. The largest absolute Gasteiger partial charge is 0.493 e. The van der Waals surface area contributed by atoms with Gasteiger partial charge in [-0.25, -0.2) is 23.9 Å². The van der Waals surface area contributed by atoms with Gasteiger partial charge in [-0.15, -0.1) is 0 Å². The SMILES string of the molecule is COc1cc2ncnc(Nc3cccc(Cl)c3F)c2cc1OC1CCN(C(=O)CO)CC1.O.O.O=C(O)[C@H](O)[C@@H](O)C(=O)O. The molecule has 18 heteroatoms. The molecule has 1 aliphatic heterocycles. The number of methoxy groups -OCH3 is 1. The molecule has 16 nitrogen and oxygen atoms in total. The predicted molar refractivity (Wildman–Crippen MR) is 153 cm³/mol. The van der Waals surface area contributed by atoms with Gasteiger partial charge in [0.25, 0.3) is 0 Å². The maximum atomic E-state index is 14.4. The number of anilines is 2. The summed E-state index contributed by atoms with van der Waals surface area (Å²) in [6.45, 7) is 0.515. The number of aliphatic carboxylic acids is 2.